The van der Waals surface area contributed by atoms with Gasteiger partial charge in [0, 0.05) is 12.1 Å². The number of hydrogen-bond acceptors (Lipinski definition) is 5. The summed E-state index contributed by atoms with van der Waals surface area (Å²) in [5.41, 5.74) is 3.34. The number of amides is 1. The molecule has 0 saturated carbocycles. The van der Waals surface area contributed by atoms with Gasteiger partial charge in [0.2, 0.25) is 0 Å². The highest BCUT2D eigenvalue weighted by atomic mass is 16.5. The van der Waals surface area contributed by atoms with Crippen LogP contribution in [0, 0.1) is 19.8 Å². The van der Waals surface area contributed by atoms with Crippen LogP contribution >= 0.6 is 0 Å². The molecule has 6 nitrogen and oxygen atoms in total. The summed E-state index contributed by atoms with van der Waals surface area (Å²) in [4.78, 5) is 29.9. The zero-order valence-corrected chi connectivity index (χ0v) is 21.1. The maximum absolute atomic E-state index is 13.2. The highest BCUT2D eigenvalue weighted by Gasteiger charge is 2.45. The fraction of sp³-hybridized carbons (Fsp3) is 0.429. The molecule has 1 atom stereocenters. The van der Waals surface area contributed by atoms with Crippen molar-refractivity contribution < 1.29 is 19.4 Å². The number of aliphatic hydroxyl groups is 1. The molecule has 3 rings (SSSR count). The van der Waals surface area contributed by atoms with Crippen molar-refractivity contribution in [2.45, 2.75) is 40.2 Å². The molecule has 6 heteroatoms. The lowest BCUT2D eigenvalue weighted by Gasteiger charge is -2.26. The minimum atomic E-state index is -0.646. The second kappa shape index (κ2) is 10.9. The minimum absolute atomic E-state index is 0.137. The Morgan fingerprint density at radius 1 is 1.09 bits per heavy atom. The smallest absolute Gasteiger partial charge is 0.295 e. The van der Waals surface area contributed by atoms with Gasteiger partial charge in [-0.2, -0.15) is 0 Å². The number of aliphatic hydroxyl groups excluding tert-OH is 1. The van der Waals surface area contributed by atoms with E-state index in [9.17, 15) is 14.7 Å². The molecule has 182 valence electrons. The van der Waals surface area contributed by atoms with E-state index in [-0.39, 0.29) is 11.3 Å². The van der Waals surface area contributed by atoms with Crippen molar-refractivity contribution in [2.75, 3.05) is 33.8 Å². The number of nitrogens with zero attached hydrogens (tertiary/aromatic N) is 2. The maximum atomic E-state index is 13.2. The zero-order valence-electron chi connectivity index (χ0n) is 21.1. The van der Waals surface area contributed by atoms with Crippen LogP contribution in [0.4, 0.5) is 0 Å². The second-order valence-corrected chi connectivity index (χ2v) is 9.74. The van der Waals surface area contributed by atoms with Crippen LogP contribution in [0.15, 0.2) is 48.0 Å². The van der Waals surface area contributed by atoms with Crippen molar-refractivity contribution in [1.82, 2.24) is 9.80 Å². The third kappa shape index (κ3) is 5.68. The van der Waals surface area contributed by atoms with Gasteiger partial charge in [-0.3, -0.25) is 9.59 Å². The van der Waals surface area contributed by atoms with Gasteiger partial charge in [0.05, 0.1) is 18.2 Å². The van der Waals surface area contributed by atoms with Crippen LogP contribution in [0.3, 0.4) is 0 Å². The molecule has 0 aromatic heterocycles. The molecule has 1 saturated heterocycles. The van der Waals surface area contributed by atoms with Crippen molar-refractivity contribution in [3.8, 4) is 5.75 Å². The van der Waals surface area contributed by atoms with E-state index in [2.05, 4.69) is 13.8 Å². The molecule has 2 aromatic rings. The molecule has 0 aliphatic carbocycles. The Labute approximate surface area is 202 Å². The standard InChI is InChI=1S/C28H36N2O4/c1-18(2)17-34-22-12-13-23(20(4)16-22)26(31)24-25(21-10-8-19(3)9-11-21)30(28(33)27(24)32)15-7-14-29(5)6/h8-13,16,18,25,31H,7,14-15,17H2,1-6H3/b26-24+/t25-/m0/s1. The summed E-state index contributed by atoms with van der Waals surface area (Å²) < 4.78 is 5.80. The van der Waals surface area contributed by atoms with Gasteiger partial charge in [0.25, 0.3) is 11.7 Å². The lowest BCUT2D eigenvalue weighted by Crippen LogP contribution is -2.32. The highest BCUT2D eigenvalue weighted by molar-refractivity contribution is 6.46. The number of ether oxygens (including phenoxy) is 1. The van der Waals surface area contributed by atoms with Gasteiger partial charge in [-0.1, -0.05) is 43.7 Å². The first-order valence-electron chi connectivity index (χ1n) is 11.8. The normalized spacial score (nSPS) is 17.8. The zero-order chi connectivity index (χ0) is 25.0. The van der Waals surface area contributed by atoms with Crippen LogP contribution in [0.1, 0.15) is 48.6 Å². The fourth-order valence-electron chi connectivity index (χ4n) is 4.16. The summed E-state index contributed by atoms with van der Waals surface area (Å²) in [5.74, 6) is -0.256. The monoisotopic (exact) mass is 464 g/mol. The van der Waals surface area contributed by atoms with Gasteiger partial charge < -0.3 is 19.6 Å². The van der Waals surface area contributed by atoms with Crippen molar-refractivity contribution >= 4 is 17.4 Å². The maximum Gasteiger partial charge on any atom is 0.295 e. The summed E-state index contributed by atoms with van der Waals surface area (Å²) in [6, 6.07) is 12.5. The van der Waals surface area contributed by atoms with Crippen molar-refractivity contribution in [3.05, 3.63) is 70.3 Å². The summed E-state index contributed by atoms with van der Waals surface area (Å²) in [6.45, 7) is 9.83. The Kier molecular flexibility index (Phi) is 8.15. The van der Waals surface area contributed by atoms with Crippen LogP contribution < -0.4 is 4.74 Å². The Morgan fingerprint density at radius 2 is 1.76 bits per heavy atom. The molecule has 1 aliphatic rings. The molecule has 1 aliphatic heterocycles. The second-order valence-electron chi connectivity index (χ2n) is 9.74. The van der Waals surface area contributed by atoms with Gasteiger partial charge in [0.1, 0.15) is 11.5 Å². The molecule has 1 N–H and O–H groups in total. The minimum Gasteiger partial charge on any atom is -0.507 e. The number of rotatable bonds is 9. The van der Waals surface area contributed by atoms with Gasteiger partial charge in [0.15, 0.2) is 0 Å². The van der Waals surface area contributed by atoms with Crippen LogP contribution in [0.25, 0.3) is 5.76 Å². The molecule has 0 unspecified atom stereocenters. The summed E-state index contributed by atoms with van der Waals surface area (Å²) in [6.07, 6.45) is 0.726. The van der Waals surface area contributed by atoms with Gasteiger partial charge in [-0.15, -0.1) is 0 Å². The Balaban J connectivity index is 2.04. The number of benzene rings is 2. The molecule has 0 spiro atoms. The highest BCUT2D eigenvalue weighted by Crippen LogP contribution is 2.40. The predicted molar refractivity (Wildman–Crippen MR) is 135 cm³/mol. The van der Waals surface area contributed by atoms with Gasteiger partial charge in [-0.05, 0) is 76.2 Å². The molecule has 1 amide bonds. The van der Waals surface area contributed by atoms with E-state index in [1.54, 1.807) is 17.0 Å². The van der Waals surface area contributed by atoms with Gasteiger partial charge in [-0.25, -0.2) is 0 Å². The Morgan fingerprint density at radius 3 is 2.35 bits per heavy atom. The first-order chi connectivity index (χ1) is 16.1. The molecule has 2 aromatic carbocycles. The largest absolute Gasteiger partial charge is 0.507 e. The SMILES string of the molecule is Cc1ccc([C@H]2/C(=C(\O)c3ccc(OCC(C)C)cc3C)C(=O)C(=O)N2CCCN(C)C)cc1. The number of Topliss-reactive ketones (excluding diaryl/α,β-unsaturated/α-hetero) is 1. The Hall–Kier alpha value is -3.12. The number of carbonyl (C=O) groups is 2. The van der Waals surface area contributed by atoms with Crippen LogP contribution in [-0.4, -0.2) is 60.4 Å². The first kappa shape index (κ1) is 25.5. The van der Waals surface area contributed by atoms with E-state index in [1.807, 2.05) is 63.2 Å². The summed E-state index contributed by atoms with van der Waals surface area (Å²) in [5, 5.41) is 11.3. The van der Waals surface area contributed by atoms with Crippen LogP contribution in [0.5, 0.6) is 5.75 Å². The molecule has 1 heterocycles. The Bertz CT molecular complexity index is 1070. The third-order valence-electron chi connectivity index (χ3n) is 5.97. The van der Waals surface area contributed by atoms with Crippen molar-refractivity contribution in [3.63, 3.8) is 0 Å². The summed E-state index contributed by atoms with van der Waals surface area (Å²) >= 11 is 0. The van der Waals surface area contributed by atoms with E-state index in [4.69, 9.17) is 4.74 Å². The quantitative estimate of drug-likeness (QED) is 0.331. The summed E-state index contributed by atoms with van der Waals surface area (Å²) in [7, 11) is 3.95. The molecule has 34 heavy (non-hydrogen) atoms. The molecular weight excluding hydrogens is 428 g/mol. The van der Waals surface area contributed by atoms with E-state index in [0.717, 1.165) is 29.7 Å². The van der Waals surface area contributed by atoms with E-state index in [0.29, 0.717) is 30.4 Å². The topological polar surface area (TPSA) is 70.1 Å². The third-order valence-corrected chi connectivity index (χ3v) is 5.97. The van der Waals surface area contributed by atoms with Crippen LogP contribution in [-0.2, 0) is 9.59 Å². The average molecular weight is 465 g/mol. The number of hydrogen-bond donors (Lipinski definition) is 1. The number of aryl methyl sites for hydroxylation is 2. The molecule has 1 fully saturated rings. The van der Waals surface area contributed by atoms with E-state index < -0.39 is 17.7 Å². The first-order valence-corrected chi connectivity index (χ1v) is 11.8. The van der Waals surface area contributed by atoms with E-state index >= 15 is 0 Å². The molecule has 0 bridgehead atoms. The van der Waals surface area contributed by atoms with Crippen molar-refractivity contribution in [1.29, 1.82) is 0 Å². The van der Waals surface area contributed by atoms with Gasteiger partial charge >= 0.3 is 0 Å². The lowest BCUT2D eigenvalue weighted by atomic mass is 9.93. The number of carbonyl (C=O) groups excluding carboxylic acids is 2. The fourth-order valence-corrected chi connectivity index (χ4v) is 4.16. The predicted octanol–water partition coefficient (Wildman–Crippen LogP) is 4.71. The van der Waals surface area contributed by atoms with Crippen molar-refractivity contribution in [2.24, 2.45) is 5.92 Å². The molecular formula is C28H36N2O4. The van der Waals surface area contributed by atoms with E-state index in [1.165, 1.54) is 0 Å². The van der Waals surface area contributed by atoms with Crippen LogP contribution in [0.2, 0.25) is 0 Å². The number of ketones is 1. The lowest BCUT2D eigenvalue weighted by molar-refractivity contribution is -0.139. The number of likely N-dealkylation sites (tertiary alicyclic amines) is 1. The average Bonchev–Trinajstić information content (AvgIpc) is 3.02. The molecule has 0 radical (unpaired) electrons.